The number of halogens is 5. The minimum Gasteiger partial charge on any atom is -0.480 e. The maximum Gasteiger partial charge on any atom is 0.435 e. The minimum atomic E-state index is -4.75. The van der Waals surface area contributed by atoms with Gasteiger partial charge in [0, 0.05) is 35.4 Å². The molecule has 0 saturated heterocycles. The zero-order valence-corrected chi connectivity index (χ0v) is 22.1. The second-order valence-corrected chi connectivity index (χ2v) is 10.4. The molecule has 3 aromatic heterocycles. The van der Waals surface area contributed by atoms with E-state index >= 15 is 0 Å². The topological polar surface area (TPSA) is 141 Å². The van der Waals surface area contributed by atoms with Crippen LogP contribution in [0.4, 0.5) is 29.2 Å². The number of carbonyl (C=O) groups excluding carboxylic acids is 1. The third-order valence-electron chi connectivity index (χ3n) is 5.27. The molecular formula is C23H18ClF4N7O4S. The highest BCUT2D eigenvalue weighted by atomic mass is 35.5. The van der Waals surface area contributed by atoms with E-state index in [-0.39, 0.29) is 50.8 Å². The Morgan fingerprint density at radius 2 is 1.90 bits per heavy atom. The van der Waals surface area contributed by atoms with E-state index in [0.717, 1.165) is 23.0 Å². The summed E-state index contributed by atoms with van der Waals surface area (Å²) in [5, 5.41) is 6.15. The number of sulfonamides is 1. The molecule has 0 radical (unpaired) electrons. The molecule has 4 aromatic rings. The lowest BCUT2D eigenvalue weighted by molar-refractivity contribution is -0.141. The fourth-order valence-electron chi connectivity index (χ4n) is 3.30. The molecule has 210 valence electrons. The maximum atomic E-state index is 13.5. The van der Waals surface area contributed by atoms with Crippen LogP contribution in [-0.2, 0) is 16.2 Å². The van der Waals surface area contributed by atoms with Crippen molar-refractivity contribution in [1.82, 2.24) is 29.5 Å². The number of alkyl halides is 3. The number of ether oxygens (including phenoxy) is 1. The first-order valence-corrected chi connectivity index (χ1v) is 13.2. The van der Waals surface area contributed by atoms with Gasteiger partial charge in [-0.15, -0.1) is 0 Å². The predicted octanol–water partition coefficient (Wildman–Crippen LogP) is 4.37. The molecule has 2 N–H and O–H groups in total. The van der Waals surface area contributed by atoms with Gasteiger partial charge >= 0.3 is 6.18 Å². The van der Waals surface area contributed by atoms with Gasteiger partial charge < -0.3 is 10.1 Å². The van der Waals surface area contributed by atoms with Crippen LogP contribution in [-0.4, -0.2) is 51.9 Å². The highest BCUT2D eigenvalue weighted by Gasteiger charge is 2.34. The standard InChI is InChI=1S/C23H18ClF4N7O4S/c1-3-40(37,38)34-20(36)14-8-12(10-29-21(14)39-2)15-11-30-22(31-13-4-5-17(25)16(24)9-13)32-19(15)35-7-6-18(33-35)23(26,27)28/h4-11H,3H2,1-2H3,(H,34,36)(H,30,31,32). The SMILES string of the molecule is CCS(=O)(=O)NC(=O)c1cc(-c2cnc(Nc3ccc(F)c(Cl)c3)nc2-n2ccc(C(F)(F)F)n2)cnc1OC. The van der Waals surface area contributed by atoms with Crippen molar-refractivity contribution < 1.29 is 35.5 Å². The van der Waals surface area contributed by atoms with Crippen molar-refractivity contribution in [1.29, 1.82) is 0 Å². The summed E-state index contributed by atoms with van der Waals surface area (Å²) in [6, 6.07) is 5.65. The van der Waals surface area contributed by atoms with Gasteiger partial charge in [-0.1, -0.05) is 11.6 Å². The van der Waals surface area contributed by atoms with Crippen LogP contribution < -0.4 is 14.8 Å². The summed E-state index contributed by atoms with van der Waals surface area (Å²) in [5.74, 6) is -2.57. The van der Waals surface area contributed by atoms with Gasteiger partial charge in [0.05, 0.1) is 17.9 Å². The molecule has 1 aromatic carbocycles. The highest BCUT2D eigenvalue weighted by molar-refractivity contribution is 7.90. The largest absolute Gasteiger partial charge is 0.480 e. The summed E-state index contributed by atoms with van der Waals surface area (Å²) in [6.07, 6.45) is -1.28. The Kier molecular flexibility index (Phi) is 7.93. The Labute approximate surface area is 229 Å². The van der Waals surface area contributed by atoms with Gasteiger partial charge in [-0.05, 0) is 37.3 Å². The Morgan fingerprint density at radius 3 is 2.52 bits per heavy atom. The van der Waals surface area contributed by atoms with Gasteiger partial charge in [-0.3, -0.25) is 4.79 Å². The predicted molar refractivity (Wildman–Crippen MR) is 136 cm³/mol. The van der Waals surface area contributed by atoms with Crippen LogP contribution in [0.25, 0.3) is 16.9 Å². The molecule has 0 aliphatic rings. The van der Waals surface area contributed by atoms with E-state index in [2.05, 4.69) is 25.4 Å². The number of nitrogens with zero attached hydrogens (tertiary/aromatic N) is 5. The summed E-state index contributed by atoms with van der Waals surface area (Å²) in [5.41, 5.74) is -1.00. The van der Waals surface area contributed by atoms with Gasteiger partial charge in [0.25, 0.3) is 5.91 Å². The second kappa shape index (κ2) is 11.1. The van der Waals surface area contributed by atoms with E-state index in [1.807, 2.05) is 4.72 Å². The number of amides is 1. The molecule has 0 aliphatic heterocycles. The normalized spacial score (nSPS) is 11.8. The molecule has 3 heterocycles. The number of methoxy groups -OCH3 is 1. The molecule has 0 fully saturated rings. The summed E-state index contributed by atoms with van der Waals surface area (Å²) in [4.78, 5) is 25.2. The van der Waals surface area contributed by atoms with Crippen LogP contribution in [0.1, 0.15) is 23.0 Å². The van der Waals surface area contributed by atoms with Crippen molar-refractivity contribution >= 4 is 39.2 Å². The first-order valence-electron chi connectivity index (χ1n) is 11.1. The molecule has 40 heavy (non-hydrogen) atoms. The minimum absolute atomic E-state index is 0.0714. The summed E-state index contributed by atoms with van der Waals surface area (Å²) < 4.78 is 85.1. The number of rotatable bonds is 8. The highest BCUT2D eigenvalue weighted by Crippen LogP contribution is 2.32. The van der Waals surface area contributed by atoms with Crippen molar-refractivity contribution in [2.24, 2.45) is 0 Å². The molecule has 0 bridgehead atoms. The van der Waals surface area contributed by atoms with E-state index in [0.29, 0.717) is 0 Å². The summed E-state index contributed by atoms with van der Waals surface area (Å²) >= 11 is 5.81. The van der Waals surface area contributed by atoms with Crippen molar-refractivity contribution in [2.75, 3.05) is 18.2 Å². The average Bonchev–Trinajstić information content (AvgIpc) is 3.41. The smallest absolute Gasteiger partial charge is 0.435 e. The quantitative estimate of drug-likeness (QED) is 0.282. The van der Waals surface area contributed by atoms with E-state index in [9.17, 15) is 30.8 Å². The van der Waals surface area contributed by atoms with Crippen LogP contribution in [0.5, 0.6) is 5.88 Å². The Morgan fingerprint density at radius 1 is 1.15 bits per heavy atom. The van der Waals surface area contributed by atoms with E-state index < -0.39 is 33.6 Å². The molecule has 17 heteroatoms. The first-order chi connectivity index (χ1) is 18.8. The van der Waals surface area contributed by atoms with Gasteiger partial charge in [-0.2, -0.15) is 23.3 Å². The van der Waals surface area contributed by atoms with Gasteiger partial charge in [0.15, 0.2) is 11.5 Å². The maximum absolute atomic E-state index is 13.5. The lowest BCUT2D eigenvalue weighted by atomic mass is 10.1. The van der Waals surface area contributed by atoms with Crippen LogP contribution in [0.3, 0.4) is 0 Å². The van der Waals surface area contributed by atoms with Crippen molar-refractivity contribution in [2.45, 2.75) is 13.1 Å². The number of anilines is 2. The van der Waals surface area contributed by atoms with Gasteiger partial charge in [-0.25, -0.2) is 32.2 Å². The van der Waals surface area contributed by atoms with Crippen molar-refractivity contribution in [3.05, 3.63) is 71.0 Å². The average molecular weight is 600 g/mol. The Balaban J connectivity index is 1.84. The summed E-state index contributed by atoms with van der Waals surface area (Å²) in [7, 11) is -2.73. The second-order valence-electron chi connectivity index (χ2n) is 7.94. The number of nitrogens with one attached hydrogen (secondary N) is 2. The monoisotopic (exact) mass is 599 g/mol. The molecule has 4 rings (SSSR count). The molecule has 0 spiro atoms. The van der Waals surface area contributed by atoms with Crippen LogP contribution in [0.15, 0.2) is 48.9 Å². The lowest BCUT2D eigenvalue weighted by Gasteiger charge is -2.14. The molecule has 0 saturated carbocycles. The lowest BCUT2D eigenvalue weighted by Crippen LogP contribution is -2.32. The third-order valence-corrected chi connectivity index (χ3v) is 6.82. The number of benzene rings is 1. The molecule has 11 nitrogen and oxygen atoms in total. The first kappa shape index (κ1) is 28.7. The fourth-order valence-corrected chi connectivity index (χ4v) is 4.02. The zero-order chi connectivity index (χ0) is 29.2. The Hall–Kier alpha value is -4.31. The number of aromatic nitrogens is 5. The van der Waals surface area contributed by atoms with E-state index in [1.165, 1.54) is 44.6 Å². The molecule has 0 aliphatic carbocycles. The number of carbonyl (C=O) groups is 1. The number of pyridine rings is 1. The zero-order valence-electron chi connectivity index (χ0n) is 20.5. The van der Waals surface area contributed by atoms with Crippen LogP contribution >= 0.6 is 11.6 Å². The van der Waals surface area contributed by atoms with E-state index in [1.54, 1.807) is 0 Å². The molecule has 0 unspecified atom stereocenters. The van der Waals surface area contributed by atoms with Crippen LogP contribution in [0.2, 0.25) is 5.02 Å². The fraction of sp³-hybridized carbons (Fsp3) is 0.174. The third kappa shape index (κ3) is 6.28. The molecule has 0 atom stereocenters. The van der Waals surface area contributed by atoms with Crippen LogP contribution in [0, 0.1) is 5.82 Å². The number of hydrogen-bond acceptors (Lipinski definition) is 9. The molecule has 1 amide bonds. The van der Waals surface area contributed by atoms with Gasteiger partial charge in [0.2, 0.25) is 21.9 Å². The summed E-state index contributed by atoms with van der Waals surface area (Å²) in [6.45, 7) is 1.33. The van der Waals surface area contributed by atoms with Gasteiger partial charge in [0.1, 0.15) is 11.4 Å². The van der Waals surface area contributed by atoms with E-state index in [4.69, 9.17) is 16.3 Å². The molecular weight excluding hydrogens is 582 g/mol. The Bertz CT molecular complexity index is 1700. The van der Waals surface area contributed by atoms with Crippen molar-refractivity contribution in [3.8, 4) is 22.8 Å². The van der Waals surface area contributed by atoms with Crippen molar-refractivity contribution in [3.63, 3.8) is 0 Å². The number of hydrogen-bond donors (Lipinski definition) is 2.